The maximum atomic E-state index is 9.96. The quantitative estimate of drug-likeness (QED) is 0.775. The molecule has 16 heavy (non-hydrogen) atoms. The smallest absolute Gasteiger partial charge is 0.0746 e. The summed E-state index contributed by atoms with van der Waals surface area (Å²) in [4.78, 5) is 2.28. The third kappa shape index (κ3) is 2.96. The van der Waals surface area contributed by atoms with Gasteiger partial charge in [0, 0.05) is 19.3 Å². The van der Waals surface area contributed by atoms with Crippen molar-refractivity contribution in [1.29, 1.82) is 0 Å². The number of nitrogens with two attached hydrogens (primary N) is 1. The molecule has 5 nitrogen and oxygen atoms in total. The number of β-amino-alcohol motifs (C(OH)–C–C–N with tert-alkyl or cyclic N) is 1. The lowest BCUT2D eigenvalue weighted by Crippen LogP contribution is -2.46. The van der Waals surface area contributed by atoms with E-state index in [0.717, 1.165) is 39.0 Å². The van der Waals surface area contributed by atoms with Crippen LogP contribution in [0.5, 0.6) is 0 Å². The van der Waals surface area contributed by atoms with Crippen molar-refractivity contribution < 1.29 is 5.11 Å². The van der Waals surface area contributed by atoms with E-state index in [9.17, 15) is 5.11 Å². The lowest BCUT2D eigenvalue weighted by atomic mass is 9.95. The van der Waals surface area contributed by atoms with Crippen LogP contribution in [0.4, 0.5) is 5.69 Å². The molecule has 2 heterocycles. The van der Waals surface area contributed by atoms with Crippen LogP contribution in [0.2, 0.25) is 0 Å². The first-order valence-electron chi connectivity index (χ1n) is 5.78. The van der Waals surface area contributed by atoms with E-state index in [-0.39, 0.29) is 0 Å². The van der Waals surface area contributed by atoms with Gasteiger partial charge in [0.25, 0.3) is 0 Å². The highest BCUT2D eigenvalue weighted by atomic mass is 16.3. The first kappa shape index (κ1) is 11.4. The van der Waals surface area contributed by atoms with E-state index < -0.39 is 5.60 Å². The summed E-state index contributed by atoms with van der Waals surface area (Å²) in [5, 5.41) is 14.1. The predicted molar refractivity (Wildman–Crippen MR) is 62.9 cm³/mol. The van der Waals surface area contributed by atoms with Crippen LogP contribution in [0.1, 0.15) is 19.8 Å². The first-order valence-corrected chi connectivity index (χ1v) is 5.78. The van der Waals surface area contributed by atoms with Crippen molar-refractivity contribution in [2.75, 3.05) is 25.4 Å². The number of anilines is 1. The fourth-order valence-corrected chi connectivity index (χ4v) is 2.26. The van der Waals surface area contributed by atoms with E-state index in [1.54, 1.807) is 6.20 Å². The summed E-state index contributed by atoms with van der Waals surface area (Å²) < 4.78 is 1.85. The van der Waals surface area contributed by atoms with Crippen molar-refractivity contribution in [3.05, 3.63) is 12.4 Å². The molecule has 1 aliphatic heterocycles. The maximum Gasteiger partial charge on any atom is 0.0746 e. The number of aromatic nitrogens is 2. The molecule has 3 N–H and O–H groups in total. The van der Waals surface area contributed by atoms with Crippen LogP contribution in [0.3, 0.4) is 0 Å². The van der Waals surface area contributed by atoms with Crippen LogP contribution in [-0.2, 0) is 6.54 Å². The van der Waals surface area contributed by atoms with Crippen molar-refractivity contribution in [2.45, 2.75) is 31.9 Å². The van der Waals surface area contributed by atoms with E-state index in [1.807, 2.05) is 17.8 Å². The molecule has 0 spiro atoms. The Morgan fingerprint density at radius 2 is 2.38 bits per heavy atom. The number of nitrogen functional groups attached to an aromatic ring is 1. The van der Waals surface area contributed by atoms with Gasteiger partial charge in [0.1, 0.15) is 0 Å². The molecular weight excluding hydrogens is 204 g/mol. The summed E-state index contributed by atoms with van der Waals surface area (Å²) >= 11 is 0. The summed E-state index contributed by atoms with van der Waals surface area (Å²) in [5.41, 5.74) is 5.77. The van der Waals surface area contributed by atoms with Gasteiger partial charge < -0.3 is 10.8 Å². The van der Waals surface area contributed by atoms with Gasteiger partial charge in [-0.2, -0.15) is 5.10 Å². The molecule has 90 valence electrons. The second-order valence-electron chi connectivity index (χ2n) is 4.91. The Bertz CT molecular complexity index is 348. The van der Waals surface area contributed by atoms with Crippen molar-refractivity contribution in [1.82, 2.24) is 14.7 Å². The zero-order valence-corrected chi connectivity index (χ0v) is 9.76. The summed E-state index contributed by atoms with van der Waals surface area (Å²) in [5.74, 6) is 0. The second kappa shape index (κ2) is 4.43. The molecule has 1 atom stereocenters. The minimum absolute atomic E-state index is 0.526. The zero-order chi connectivity index (χ0) is 11.6. The van der Waals surface area contributed by atoms with Gasteiger partial charge in [-0.15, -0.1) is 0 Å². The highest BCUT2D eigenvalue weighted by Crippen LogP contribution is 2.19. The molecule has 0 radical (unpaired) electrons. The topological polar surface area (TPSA) is 67.3 Å². The monoisotopic (exact) mass is 224 g/mol. The summed E-state index contributed by atoms with van der Waals surface area (Å²) in [6, 6.07) is 0. The van der Waals surface area contributed by atoms with Crippen LogP contribution in [0, 0.1) is 0 Å². The van der Waals surface area contributed by atoms with E-state index in [4.69, 9.17) is 5.73 Å². The van der Waals surface area contributed by atoms with Crippen LogP contribution < -0.4 is 5.73 Å². The van der Waals surface area contributed by atoms with E-state index >= 15 is 0 Å². The molecule has 0 bridgehead atoms. The molecule has 0 saturated carbocycles. The van der Waals surface area contributed by atoms with Crippen molar-refractivity contribution in [3.63, 3.8) is 0 Å². The summed E-state index contributed by atoms with van der Waals surface area (Å²) in [6.45, 7) is 5.46. The second-order valence-corrected chi connectivity index (χ2v) is 4.91. The van der Waals surface area contributed by atoms with Crippen LogP contribution >= 0.6 is 0 Å². The summed E-state index contributed by atoms with van der Waals surface area (Å²) in [6.07, 6.45) is 5.46. The van der Waals surface area contributed by atoms with Gasteiger partial charge in [0.2, 0.25) is 0 Å². The summed E-state index contributed by atoms with van der Waals surface area (Å²) in [7, 11) is 0. The molecule has 0 amide bonds. The molecule has 1 aliphatic rings. The standard InChI is InChI=1S/C11H20N4O/c1-11(16)3-2-4-14(9-11)5-6-15-8-10(12)7-13-15/h7-8,16H,2-6,9,12H2,1H3. The van der Waals surface area contributed by atoms with Crippen molar-refractivity contribution >= 4 is 5.69 Å². The third-order valence-electron chi connectivity index (χ3n) is 3.05. The zero-order valence-electron chi connectivity index (χ0n) is 9.76. The highest BCUT2D eigenvalue weighted by Gasteiger charge is 2.27. The largest absolute Gasteiger partial charge is 0.396 e. The lowest BCUT2D eigenvalue weighted by Gasteiger charge is -2.36. The molecule has 2 rings (SSSR count). The number of hydrogen-bond donors (Lipinski definition) is 2. The first-order chi connectivity index (χ1) is 7.55. The van der Waals surface area contributed by atoms with E-state index in [2.05, 4.69) is 10.00 Å². The fourth-order valence-electron chi connectivity index (χ4n) is 2.26. The van der Waals surface area contributed by atoms with Gasteiger partial charge in [-0.1, -0.05) is 0 Å². The maximum absolute atomic E-state index is 9.96. The van der Waals surface area contributed by atoms with Crippen LogP contribution in [-0.4, -0.2) is 45.0 Å². The molecule has 5 heteroatoms. The number of piperidine rings is 1. The van der Waals surface area contributed by atoms with Crippen molar-refractivity contribution in [3.8, 4) is 0 Å². The van der Waals surface area contributed by atoms with Crippen LogP contribution in [0.15, 0.2) is 12.4 Å². The van der Waals surface area contributed by atoms with Gasteiger partial charge in [-0.05, 0) is 26.3 Å². The van der Waals surface area contributed by atoms with E-state index in [1.165, 1.54) is 0 Å². The molecular formula is C11H20N4O. The molecule has 0 aliphatic carbocycles. The molecule has 1 unspecified atom stereocenters. The minimum atomic E-state index is -0.526. The third-order valence-corrected chi connectivity index (χ3v) is 3.05. The Morgan fingerprint density at radius 1 is 1.56 bits per heavy atom. The Kier molecular flexibility index (Phi) is 3.16. The number of aliphatic hydroxyl groups is 1. The van der Waals surface area contributed by atoms with Gasteiger partial charge in [-0.3, -0.25) is 9.58 Å². The molecule has 0 aromatic carbocycles. The van der Waals surface area contributed by atoms with Gasteiger partial charge in [-0.25, -0.2) is 0 Å². The highest BCUT2D eigenvalue weighted by molar-refractivity contribution is 5.30. The lowest BCUT2D eigenvalue weighted by molar-refractivity contribution is -0.0165. The van der Waals surface area contributed by atoms with Crippen molar-refractivity contribution in [2.24, 2.45) is 0 Å². The Morgan fingerprint density at radius 3 is 3.00 bits per heavy atom. The minimum Gasteiger partial charge on any atom is -0.396 e. The van der Waals surface area contributed by atoms with Gasteiger partial charge >= 0.3 is 0 Å². The SMILES string of the molecule is CC1(O)CCCN(CCn2cc(N)cn2)C1. The Hall–Kier alpha value is -1.07. The predicted octanol–water partition coefficient (Wildman–Crippen LogP) is 0.312. The molecule has 1 aromatic heterocycles. The average molecular weight is 224 g/mol. The fraction of sp³-hybridized carbons (Fsp3) is 0.727. The molecule has 1 fully saturated rings. The van der Waals surface area contributed by atoms with Crippen LogP contribution in [0.25, 0.3) is 0 Å². The van der Waals surface area contributed by atoms with E-state index in [0.29, 0.717) is 5.69 Å². The number of rotatable bonds is 3. The number of nitrogens with zero attached hydrogens (tertiary/aromatic N) is 3. The number of likely N-dealkylation sites (tertiary alicyclic amines) is 1. The Balaban J connectivity index is 1.82. The Labute approximate surface area is 95.8 Å². The average Bonchev–Trinajstić information content (AvgIpc) is 2.60. The van der Waals surface area contributed by atoms with Gasteiger partial charge in [0.15, 0.2) is 0 Å². The normalized spacial score (nSPS) is 27.1. The number of hydrogen-bond acceptors (Lipinski definition) is 4. The molecule has 1 saturated heterocycles. The molecule has 1 aromatic rings. The van der Waals surface area contributed by atoms with Gasteiger partial charge in [0.05, 0.1) is 24.0 Å².